The number of furan rings is 1. The van der Waals surface area contributed by atoms with Crippen molar-refractivity contribution in [3.63, 3.8) is 0 Å². The van der Waals surface area contributed by atoms with Crippen LogP contribution in [0.4, 0.5) is 0 Å². The lowest BCUT2D eigenvalue weighted by molar-refractivity contribution is 0.0613. The molecule has 8 nitrogen and oxygen atoms in total. The third-order valence-corrected chi connectivity index (χ3v) is 4.00. The summed E-state index contributed by atoms with van der Waals surface area (Å²) < 4.78 is 6.24. The molecule has 1 aliphatic rings. The van der Waals surface area contributed by atoms with Crippen LogP contribution in [-0.2, 0) is 7.05 Å². The Bertz CT molecular complexity index is 789. The predicted octanol–water partition coefficient (Wildman–Crippen LogP) is 0.0140. The monoisotopic (exact) mass is 330 g/mol. The van der Waals surface area contributed by atoms with Gasteiger partial charge in [-0.1, -0.05) is 0 Å². The number of carbonyl (C=O) groups is 2. The molecule has 0 spiro atoms. The molecule has 0 radical (unpaired) electrons. The molecule has 1 saturated heterocycles. The summed E-state index contributed by atoms with van der Waals surface area (Å²) in [5, 5.41) is 3.98. The molecule has 24 heavy (non-hydrogen) atoms. The van der Waals surface area contributed by atoms with Gasteiger partial charge in [-0.2, -0.15) is 5.10 Å². The second-order valence-corrected chi connectivity index (χ2v) is 5.65. The van der Waals surface area contributed by atoms with Gasteiger partial charge in [0.2, 0.25) is 5.78 Å². The zero-order valence-electron chi connectivity index (χ0n) is 13.3. The van der Waals surface area contributed by atoms with Crippen LogP contribution < -0.4 is 5.56 Å². The number of rotatable bonds is 4. The van der Waals surface area contributed by atoms with Crippen LogP contribution in [0.2, 0.25) is 0 Å². The highest BCUT2D eigenvalue weighted by molar-refractivity contribution is 5.95. The lowest BCUT2D eigenvalue weighted by atomic mass is 10.2. The minimum atomic E-state index is -0.257. The van der Waals surface area contributed by atoms with E-state index in [1.165, 1.54) is 25.4 Å². The van der Waals surface area contributed by atoms with E-state index in [0.29, 0.717) is 31.9 Å². The van der Waals surface area contributed by atoms with Crippen molar-refractivity contribution in [3.05, 3.63) is 52.3 Å². The summed E-state index contributed by atoms with van der Waals surface area (Å²) in [6, 6.07) is 6.10. The fourth-order valence-electron chi connectivity index (χ4n) is 2.61. The van der Waals surface area contributed by atoms with Crippen LogP contribution in [0.25, 0.3) is 0 Å². The Morgan fingerprint density at radius 2 is 1.92 bits per heavy atom. The molecular formula is C16H18N4O4. The Morgan fingerprint density at radius 3 is 2.54 bits per heavy atom. The van der Waals surface area contributed by atoms with Gasteiger partial charge >= 0.3 is 0 Å². The van der Waals surface area contributed by atoms with Crippen LogP contribution in [0.1, 0.15) is 21.0 Å². The largest absolute Gasteiger partial charge is 0.461 e. The number of ketones is 1. The molecule has 0 N–H and O–H groups in total. The van der Waals surface area contributed by atoms with Gasteiger partial charge in [-0.15, -0.1) is 0 Å². The Hall–Kier alpha value is -2.74. The molecule has 126 valence electrons. The van der Waals surface area contributed by atoms with E-state index in [1.54, 1.807) is 17.0 Å². The lowest BCUT2D eigenvalue weighted by Gasteiger charge is -2.33. The number of Topliss-reactive ketones (excluding diaryl/α,β-unsaturated/α-hetero) is 1. The van der Waals surface area contributed by atoms with Crippen molar-refractivity contribution in [1.82, 2.24) is 19.6 Å². The summed E-state index contributed by atoms with van der Waals surface area (Å²) in [5.74, 6) is 0.0741. The van der Waals surface area contributed by atoms with E-state index in [1.807, 2.05) is 4.90 Å². The van der Waals surface area contributed by atoms with E-state index in [4.69, 9.17) is 4.42 Å². The molecule has 0 unspecified atom stereocenters. The van der Waals surface area contributed by atoms with E-state index in [-0.39, 0.29) is 29.5 Å². The van der Waals surface area contributed by atoms with Gasteiger partial charge in [0.15, 0.2) is 5.76 Å². The Labute approximate surface area is 138 Å². The van der Waals surface area contributed by atoms with Gasteiger partial charge in [0, 0.05) is 39.3 Å². The maximum absolute atomic E-state index is 12.4. The Kier molecular flexibility index (Phi) is 4.57. The van der Waals surface area contributed by atoms with E-state index in [0.717, 1.165) is 4.68 Å². The third-order valence-electron chi connectivity index (χ3n) is 4.00. The standard InChI is InChI=1S/C16H18N4O4/c1-18-15(22)5-4-12(17-18)16(23)20-8-6-19(7-9-20)11-13(21)14-3-2-10-24-14/h2-5,10H,6-9,11H2,1H3. The molecule has 2 aromatic rings. The van der Waals surface area contributed by atoms with Gasteiger partial charge < -0.3 is 9.32 Å². The van der Waals surface area contributed by atoms with Crippen LogP contribution >= 0.6 is 0 Å². The summed E-state index contributed by atoms with van der Waals surface area (Å²) >= 11 is 0. The van der Waals surface area contributed by atoms with Crippen LogP contribution in [0.3, 0.4) is 0 Å². The molecule has 3 heterocycles. The number of amides is 1. The molecule has 1 aliphatic heterocycles. The normalized spacial score (nSPS) is 15.5. The molecule has 0 atom stereocenters. The molecule has 0 aliphatic carbocycles. The van der Waals surface area contributed by atoms with Gasteiger partial charge in [0.25, 0.3) is 11.5 Å². The van der Waals surface area contributed by atoms with E-state index < -0.39 is 0 Å². The van der Waals surface area contributed by atoms with Crippen LogP contribution in [-0.4, -0.2) is 64.0 Å². The average Bonchev–Trinajstić information content (AvgIpc) is 3.12. The van der Waals surface area contributed by atoms with Crippen LogP contribution in [0.15, 0.2) is 39.7 Å². The molecule has 8 heteroatoms. The fraction of sp³-hybridized carbons (Fsp3) is 0.375. The number of hydrogen-bond donors (Lipinski definition) is 0. The summed E-state index contributed by atoms with van der Waals surface area (Å²) in [5.41, 5.74) is -0.00924. The predicted molar refractivity (Wildman–Crippen MR) is 84.9 cm³/mol. The Balaban J connectivity index is 1.56. The van der Waals surface area contributed by atoms with Gasteiger partial charge in [-0.3, -0.25) is 19.3 Å². The molecular weight excluding hydrogens is 312 g/mol. The van der Waals surface area contributed by atoms with Crippen molar-refractivity contribution >= 4 is 11.7 Å². The minimum Gasteiger partial charge on any atom is -0.461 e. The van der Waals surface area contributed by atoms with Crippen molar-refractivity contribution in [1.29, 1.82) is 0 Å². The van der Waals surface area contributed by atoms with Crippen molar-refractivity contribution in [2.75, 3.05) is 32.7 Å². The van der Waals surface area contributed by atoms with E-state index in [9.17, 15) is 14.4 Å². The summed E-state index contributed by atoms with van der Waals surface area (Å²) in [6.07, 6.45) is 1.48. The highest BCUT2D eigenvalue weighted by atomic mass is 16.3. The molecule has 2 aromatic heterocycles. The van der Waals surface area contributed by atoms with Crippen molar-refractivity contribution in [2.24, 2.45) is 7.05 Å². The topological polar surface area (TPSA) is 88.7 Å². The molecule has 0 aromatic carbocycles. The number of piperazine rings is 1. The first-order valence-electron chi connectivity index (χ1n) is 7.67. The van der Waals surface area contributed by atoms with Crippen LogP contribution in [0, 0.1) is 0 Å². The SMILES string of the molecule is Cn1nc(C(=O)N2CCN(CC(=O)c3ccco3)CC2)ccc1=O. The molecule has 1 fully saturated rings. The summed E-state index contributed by atoms with van der Waals surface area (Å²) in [4.78, 5) is 39.5. The molecule has 1 amide bonds. The first-order chi connectivity index (χ1) is 11.5. The smallest absolute Gasteiger partial charge is 0.274 e. The highest BCUT2D eigenvalue weighted by Crippen LogP contribution is 2.08. The number of nitrogens with zero attached hydrogens (tertiary/aromatic N) is 4. The van der Waals surface area contributed by atoms with Gasteiger partial charge in [0.1, 0.15) is 5.69 Å². The van der Waals surface area contributed by atoms with Crippen molar-refractivity contribution in [3.8, 4) is 0 Å². The van der Waals surface area contributed by atoms with E-state index in [2.05, 4.69) is 5.10 Å². The number of aromatic nitrogens is 2. The zero-order chi connectivity index (χ0) is 17.1. The number of aryl methyl sites for hydroxylation is 1. The average molecular weight is 330 g/mol. The van der Waals surface area contributed by atoms with Gasteiger partial charge in [-0.25, -0.2) is 4.68 Å². The third kappa shape index (κ3) is 3.43. The molecule has 0 saturated carbocycles. The maximum atomic E-state index is 12.4. The van der Waals surface area contributed by atoms with Crippen molar-refractivity contribution in [2.45, 2.75) is 0 Å². The second-order valence-electron chi connectivity index (χ2n) is 5.65. The second kappa shape index (κ2) is 6.79. The summed E-state index contributed by atoms with van der Waals surface area (Å²) in [7, 11) is 1.51. The lowest BCUT2D eigenvalue weighted by Crippen LogP contribution is -2.50. The van der Waals surface area contributed by atoms with Crippen molar-refractivity contribution < 1.29 is 14.0 Å². The first-order valence-corrected chi connectivity index (χ1v) is 7.67. The van der Waals surface area contributed by atoms with Gasteiger partial charge in [-0.05, 0) is 18.2 Å². The van der Waals surface area contributed by atoms with Gasteiger partial charge in [0.05, 0.1) is 12.8 Å². The fourth-order valence-corrected chi connectivity index (χ4v) is 2.61. The minimum absolute atomic E-state index is 0.0699. The quantitative estimate of drug-likeness (QED) is 0.734. The summed E-state index contributed by atoms with van der Waals surface area (Å²) in [6.45, 7) is 2.49. The molecule has 3 rings (SSSR count). The first kappa shape index (κ1) is 16.1. The number of hydrogen-bond acceptors (Lipinski definition) is 6. The zero-order valence-corrected chi connectivity index (χ0v) is 13.3. The Morgan fingerprint density at radius 1 is 1.17 bits per heavy atom. The van der Waals surface area contributed by atoms with E-state index >= 15 is 0 Å². The number of carbonyl (C=O) groups excluding carboxylic acids is 2. The molecule has 0 bridgehead atoms. The van der Waals surface area contributed by atoms with Crippen LogP contribution in [0.5, 0.6) is 0 Å². The maximum Gasteiger partial charge on any atom is 0.274 e. The highest BCUT2D eigenvalue weighted by Gasteiger charge is 2.25.